The molecule has 2 aromatic rings. The maximum atomic E-state index is 12.3. The first-order valence-corrected chi connectivity index (χ1v) is 9.34. The molecule has 1 N–H and O–H groups in total. The lowest BCUT2D eigenvalue weighted by Gasteiger charge is -2.21. The Balaban J connectivity index is 1.38. The van der Waals surface area contributed by atoms with Gasteiger partial charge in [-0.05, 0) is 48.2 Å². The Morgan fingerprint density at radius 1 is 1.25 bits per heavy atom. The van der Waals surface area contributed by atoms with E-state index >= 15 is 0 Å². The standard InChI is InChI=1S/C16H20N6OS/c23-15(11-24-16-18-19-20-22(16)12-7-8-12)17-13-5-1-2-6-14(13)21-9-3-4-10-21/h1-2,5-6,12H,3-4,7-11H2,(H,17,23). The summed E-state index contributed by atoms with van der Waals surface area (Å²) in [7, 11) is 0. The highest BCUT2D eigenvalue weighted by atomic mass is 32.2. The number of thioether (sulfide) groups is 1. The second-order valence-corrected chi connectivity index (χ2v) is 7.13. The molecule has 0 unspecified atom stereocenters. The van der Waals surface area contributed by atoms with Crippen LogP contribution in [0.15, 0.2) is 29.4 Å². The normalized spacial score (nSPS) is 17.2. The summed E-state index contributed by atoms with van der Waals surface area (Å²) in [6.45, 7) is 2.11. The Morgan fingerprint density at radius 3 is 2.83 bits per heavy atom. The van der Waals surface area contributed by atoms with E-state index in [1.165, 1.54) is 24.6 Å². The van der Waals surface area contributed by atoms with Crippen molar-refractivity contribution < 1.29 is 4.79 Å². The molecule has 1 amide bonds. The molecule has 4 rings (SSSR count). The van der Waals surface area contributed by atoms with Crippen LogP contribution in [0.3, 0.4) is 0 Å². The van der Waals surface area contributed by atoms with Crippen LogP contribution in [0.5, 0.6) is 0 Å². The first-order valence-electron chi connectivity index (χ1n) is 8.36. The van der Waals surface area contributed by atoms with Crippen molar-refractivity contribution in [1.29, 1.82) is 0 Å². The summed E-state index contributed by atoms with van der Waals surface area (Å²) >= 11 is 1.39. The van der Waals surface area contributed by atoms with Gasteiger partial charge in [0.15, 0.2) is 0 Å². The monoisotopic (exact) mass is 344 g/mol. The molecule has 126 valence electrons. The van der Waals surface area contributed by atoms with E-state index in [0.717, 1.165) is 42.5 Å². The summed E-state index contributed by atoms with van der Waals surface area (Å²) in [5.41, 5.74) is 1.99. The number of tetrazole rings is 1. The van der Waals surface area contributed by atoms with E-state index in [1.807, 2.05) is 22.9 Å². The van der Waals surface area contributed by atoms with Crippen LogP contribution in [0.2, 0.25) is 0 Å². The molecule has 2 heterocycles. The lowest BCUT2D eigenvalue weighted by molar-refractivity contribution is -0.113. The molecule has 1 aromatic carbocycles. The molecule has 0 bridgehead atoms. The molecule has 1 aliphatic carbocycles. The quantitative estimate of drug-likeness (QED) is 0.811. The van der Waals surface area contributed by atoms with Gasteiger partial charge in [0.2, 0.25) is 11.1 Å². The molecule has 0 radical (unpaired) electrons. The van der Waals surface area contributed by atoms with Gasteiger partial charge in [0.1, 0.15) is 0 Å². The number of anilines is 2. The van der Waals surface area contributed by atoms with E-state index in [9.17, 15) is 4.79 Å². The van der Waals surface area contributed by atoms with Crippen molar-refractivity contribution in [2.45, 2.75) is 36.9 Å². The Labute approximate surface area is 144 Å². The van der Waals surface area contributed by atoms with Crippen LogP contribution in [-0.2, 0) is 4.79 Å². The zero-order valence-electron chi connectivity index (χ0n) is 13.4. The molecular formula is C16H20N6OS. The Morgan fingerprint density at radius 2 is 2.04 bits per heavy atom. The molecule has 1 saturated carbocycles. The third kappa shape index (κ3) is 3.38. The largest absolute Gasteiger partial charge is 0.370 e. The number of hydrogen-bond acceptors (Lipinski definition) is 6. The van der Waals surface area contributed by atoms with Crippen LogP contribution in [0.25, 0.3) is 0 Å². The Bertz CT molecular complexity index is 723. The fourth-order valence-electron chi connectivity index (χ4n) is 2.96. The third-order valence-electron chi connectivity index (χ3n) is 4.31. The number of carbonyl (C=O) groups is 1. The lowest BCUT2D eigenvalue weighted by atomic mass is 10.2. The fourth-order valence-corrected chi connectivity index (χ4v) is 3.70. The summed E-state index contributed by atoms with van der Waals surface area (Å²) in [5.74, 6) is 0.276. The van der Waals surface area contributed by atoms with Gasteiger partial charge in [-0.25, -0.2) is 4.68 Å². The highest BCUT2D eigenvalue weighted by molar-refractivity contribution is 7.99. The van der Waals surface area contributed by atoms with Crippen molar-refractivity contribution in [3.05, 3.63) is 24.3 Å². The fraction of sp³-hybridized carbons (Fsp3) is 0.500. The summed E-state index contributed by atoms with van der Waals surface area (Å²) < 4.78 is 1.83. The lowest BCUT2D eigenvalue weighted by Crippen LogP contribution is -2.21. The highest BCUT2D eigenvalue weighted by Gasteiger charge is 2.28. The average molecular weight is 344 g/mol. The molecule has 2 fully saturated rings. The number of benzene rings is 1. The van der Waals surface area contributed by atoms with Crippen LogP contribution in [0.1, 0.15) is 31.7 Å². The molecule has 0 spiro atoms. The zero-order valence-corrected chi connectivity index (χ0v) is 14.2. The van der Waals surface area contributed by atoms with E-state index < -0.39 is 0 Å². The van der Waals surface area contributed by atoms with E-state index in [4.69, 9.17) is 0 Å². The van der Waals surface area contributed by atoms with Crippen molar-refractivity contribution in [2.75, 3.05) is 29.1 Å². The van der Waals surface area contributed by atoms with Crippen LogP contribution in [0, 0.1) is 0 Å². The van der Waals surface area contributed by atoms with Crippen molar-refractivity contribution in [3.8, 4) is 0 Å². The van der Waals surface area contributed by atoms with Crippen molar-refractivity contribution in [3.63, 3.8) is 0 Å². The van der Waals surface area contributed by atoms with Crippen LogP contribution in [0.4, 0.5) is 11.4 Å². The number of nitrogens with zero attached hydrogens (tertiary/aromatic N) is 5. The van der Waals surface area contributed by atoms with Crippen LogP contribution >= 0.6 is 11.8 Å². The molecular weight excluding hydrogens is 324 g/mol. The number of amides is 1. The van der Waals surface area contributed by atoms with Gasteiger partial charge in [-0.3, -0.25) is 4.79 Å². The first-order chi connectivity index (χ1) is 11.8. The smallest absolute Gasteiger partial charge is 0.234 e. The summed E-state index contributed by atoms with van der Waals surface area (Å²) in [4.78, 5) is 14.7. The van der Waals surface area contributed by atoms with Crippen molar-refractivity contribution >= 4 is 29.0 Å². The van der Waals surface area contributed by atoms with Gasteiger partial charge < -0.3 is 10.2 Å². The van der Waals surface area contributed by atoms with Crippen LogP contribution in [-0.4, -0.2) is 45.0 Å². The number of rotatable bonds is 6. The van der Waals surface area contributed by atoms with Crippen LogP contribution < -0.4 is 10.2 Å². The van der Waals surface area contributed by atoms with Gasteiger partial charge in [-0.1, -0.05) is 23.9 Å². The Kier molecular flexibility index (Phi) is 4.38. The van der Waals surface area contributed by atoms with Gasteiger partial charge in [-0.2, -0.15) is 0 Å². The summed E-state index contributed by atoms with van der Waals surface area (Å²) in [6, 6.07) is 8.42. The number of hydrogen-bond donors (Lipinski definition) is 1. The minimum absolute atomic E-state index is 0.0306. The predicted molar refractivity (Wildman–Crippen MR) is 93.3 cm³/mol. The van der Waals surface area contributed by atoms with Gasteiger partial charge in [0.05, 0.1) is 23.2 Å². The minimum Gasteiger partial charge on any atom is -0.370 e. The number of nitrogens with one attached hydrogen (secondary N) is 1. The second kappa shape index (κ2) is 6.80. The zero-order chi connectivity index (χ0) is 16.4. The number of aromatic nitrogens is 4. The predicted octanol–water partition coefficient (Wildman–Crippen LogP) is 2.34. The SMILES string of the molecule is O=C(CSc1nnnn1C1CC1)Nc1ccccc1N1CCCC1. The van der Waals surface area contributed by atoms with E-state index in [1.54, 1.807) is 0 Å². The molecule has 2 aliphatic rings. The molecule has 1 aliphatic heterocycles. The number of para-hydroxylation sites is 2. The highest BCUT2D eigenvalue weighted by Crippen LogP contribution is 2.36. The van der Waals surface area contributed by atoms with E-state index in [-0.39, 0.29) is 5.91 Å². The van der Waals surface area contributed by atoms with Gasteiger partial charge in [0, 0.05) is 13.1 Å². The van der Waals surface area contributed by atoms with E-state index in [2.05, 4.69) is 31.8 Å². The molecule has 24 heavy (non-hydrogen) atoms. The van der Waals surface area contributed by atoms with Gasteiger partial charge >= 0.3 is 0 Å². The van der Waals surface area contributed by atoms with Crippen molar-refractivity contribution in [2.24, 2.45) is 0 Å². The molecule has 0 atom stereocenters. The minimum atomic E-state index is -0.0306. The summed E-state index contributed by atoms with van der Waals surface area (Å²) in [6.07, 6.45) is 4.66. The first kappa shape index (κ1) is 15.4. The molecule has 1 saturated heterocycles. The summed E-state index contributed by atoms with van der Waals surface area (Å²) in [5, 5.41) is 15.5. The molecule has 8 heteroatoms. The van der Waals surface area contributed by atoms with Gasteiger partial charge in [0.25, 0.3) is 0 Å². The maximum absolute atomic E-state index is 12.3. The average Bonchev–Trinajstić information content (AvgIpc) is 3.11. The third-order valence-corrected chi connectivity index (χ3v) is 5.25. The van der Waals surface area contributed by atoms with Crippen molar-refractivity contribution in [1.82, 2.24) is 20.2 Å². The second-order valence-electron chi connectivity index (χ2n) is 6.19. The van der Waals surface area contributed by atoms with E-state index in [0.29, 0.717) is 11.8 Å². The Hall–Kier alpha value is -2.09. The number of carbonyl (C=O) groups excluding carboxylic acids is 1. The van der Waals surface area contributed by atoms with Gasteiger partial charge in [-0.15, -0.1) is 5.10 Å². The topological polar surface area (TPSA) is 75.9 Å². The molecule has 7 nitrogen and oxygen atoms in total. The molecule has 1 aromatic heterocycles. The maximum Gasteiger partial charge on any atom is 0.234 e.